The third-order valence-electron chi connectivity index (χ3n) is 3.35. The first-order chi connectivity index (χ1) is 11.8. The third-order valence-corrected chi connectivity index (χ3v) is 4.91. The molecule has 1 atom stereocenters. The number of esters is 1. The highest BCUT2D eigenvalue weighted by Gasteiger charge is 2.21. The number of methoxy groups -OCH3 is 1. The predicted octanol–water partition coefficient (Wildman–Crippen LogP) is 1.78. The predicted molar refractivity (Wildman–Crippen MR) is 92.6 cm³/mol. The summed E-state index contributed by atoms with van der Waals surface area (Å²) in [7, 11) is -2.51. The Morgan fingerprint density at radius 3 is 2.16 bits per heavy atom. The summed E-state index contributed by atoms with van der Waals surface area (Å²) in [6.45, 7) is 1.44. The van der Waals surface area contributed by atoms with Crippen molar-refractivity contribution in [2.45, 2.75) is 17.9 Å². The van der Waals surface area contributed by atoms with Crippen LogP contribution >= 0.6 is 0 Å². The molecule has 0 unspecified atom stereocenters. The number of carbonyl (C=O) groups excluding carboxylic acids is 2. The smallest absolute Gasteiger partial charge is 0.337 e. The maximum absolute atomic E-state index is 12.2. The lowest BCUT2D eigenvalue weighted by Crippen LogP contribution is -2.41. The van der Waals surface area contributed by atoms with Gasteiger partial charge in [0.2, 0.25) is 15.9 Å². The van der Waals surface area contributed by atoms with Crippen LogP contribution in [0.1, 0.15) is 17.3 Å². The van der Waals surface area contributed by atoms with Gasteiger partial charge in [0.05, 0.1) is 23.6 Å². The Morgan fingerprint density at radius 2 is 1.60 bits per heavy atom. The van der Waals surface area contributed by atoms with Crippen molar-refractivity contribution in [1.29, 1.82) is 0 Å². The van der Waals surface area contributed by atoms with Gasteiger partial charge in [-0.2, -0.15) is 4.72 Å². The van der Waals surface area contributed by atoms with E-state index in [0.29, 0.717) is 11.3 Å². The molecule has 0 bridgehead atoms. The van der Waals surface area contributed by atoms with Crippen LogP contribution in [0.5, 0.6) is 0 Å². The Labute approximate surface area is 146 Å². The van der Waals surface area contributed by atoms with Crippen molar-refractivity contribution in [2.24, 2.45) is 0 Å². The van der Waals surface area contributed by atoms with E-state index >= 15 is 0 Å². The van der Waals surface area contributed by atoms with E-state index < -0.39 is 27.9 Å². The van der Waals surface area contributed by atoms with Gasteiger partial charge in [-0.3, -0.25) is 4.79 Å². The lowest BCUT2D eigenvalue weighted by Gasteiger charge is -2.14. The highest BCUT2D eigenvalue weighted by molar-refractivity contribution is 7.89. The largest absolute Gasteiger partial charge is 0.465 e. The lowest BCUT2D eigenvalue weighted by atomic mass is 10.2. The minimum Gasteiger partial charge on any atom is -0.465 e. The summed E-state index contributed by atoms with van der Waals surface area (Å²) in [4.78, 5) is 23.6. The molecular formula is C17H18N2O5S. The third kappa shape index (κ3) is 4.88. The zero-order valence-electron chi connectivity index (χ0n) is 13.7. The van der Waals surface area contributed by atoms with Gasteiger partial charge in [-0.15, -0.1) is 0 Å². The molecule has 2 N–H and O–H groups in total. The molecule has 0 saturated heterocycles. The molecule has 132 valence electrons. The second-order valence-electron chi connectivity index (χ2n) is 5.21. The highest BCUT2D eigenvalue weighted by Crippen LogP contribution is 2.12. The number of carbonyl (C=O) groups is 2. The first kappa shape index (κ1) is 18.6. The molecule has 0 aliphatic carbocycles. The fourth-order valence-corrected chi connectivity index (χ4v) is 3.24. The van der Waals surface area contributed by atoms with Crippen LogP contribution in [0, 0.1) is 0 Å². The maximum Gasteiger partial charge on any atom is 0.337 e. The fraction of sp³-hybridized carbons (Fsp3) is 0.176. The van der Waals surface area contributed by atoms with Crippen molar-refractivity contribution in [3.8, 4) is 0 Å². The summed E-state index contributed by atoms with van der Waals surface area (Å²) >= 11 is 0. The summed E-state index contributed by atoms with van der Waals surface area (Å²) < 4.78 is 31.3. The van der Waals surface area contributed by atoms with Gasteiger partial charge in [0.25, 0.3) is 0 Å². The Kier molecular flexibility index (Phi) is 5.89. The molecule has 0 aliphatic heterocycles. The van der Waals surface area contributed by atoms with Gasteiger partial charge < -0.3 is 10.1 Å². The Balaban J connectivity index is 2.02. The highest BCUT2D eigenvalue weighted by atomic mass is 32.2. The summed E-state index contributed by atoms with van der Waals surface area (Å²) in [5.74, 6) is -1.01. The van der Waals surface area contributed by atoms with Crippen LogP contribution in [0.3, 0.4) is 0 Å². The van der Waals surface area contributed by atoms with Crippen LogP contribution in [0.4, 0.5) is 5.69 Å². The number of hydrogen-bond acceptors (Lipinski definition) is 5. The van der Waals surface area contributed by atoms with E-state index in [2.05, 4.69) is 14.8 Å². The topological polar surface area (TPSA) is 102 Å². The number of sulfonamides is 1. The second-order valence-corrected chi connectivity index (χ2v) is 6.93. The van der Waals surface area contributed by atoms with Gasteiger partial charge in [-0.1, -0.05) is 18.2 Å². The van der Waals surface area contributed by atoms with Gasteiger partial charge in [0.15, 0.2) is 0 Å². The van der Waals surface area contributed by atoms with Crippen molar-refractivity contribution in [1.82, 2.24) is 4.72 Å². The Hall–Kier alpha value is -2.71. The molecule has 25 heavy (non-hydrogen) atoms. The van der Waals surface area contributed by atoms with E-state index in [1.165, 1.54) is 50.4 Å². The lowest BCUT2D eigenvalue weighted by molar-refractivity contribution is -0.117. The summed E-state index contributed by atoms with van der Waals surface area (Å²) in [5.41, 5.74) is 0.779. The van der Waals surface area contributed by atoms with Crippen molar-refractivity contribution in [3.05, 3.63) is 60.2 Å². The second kappa shape index (κ2) is 7.91. The van der Waals surface area contributed by atoms with E-state index in [-0.39, 0.29) is 4.90 Å². The molecule has 0 saturated carbocycles. The molecule has 8 heteroatoms. The first-order valence-corrected chi connectivity index (χ1v) is 8.88. The van der Waals surface area contributed by atoms with E-state index in [9.17, 15) is 18.0 Å². The molecule has 7 nitrogen and oxygen atoms in total. The van der Waals surface area contributed by atoms with Crippen molar-refractivity contribution < 1.29 is 22.7 Å². The fourth-order valence-electron chi connectivity index (χ4n) is 2.01. The molecule has 2 aromatic carbocycles. The number of rotatable bonds is 6. The number of benzene rings is 2. The van der Waals surface area contributed by atoms with E-state index in [1.54, 1.807) is 18.2 Å². The molecule has 1 amide bonds. The first-order valence-electron chi connectivity index (χ1n) is 7.40. The number of hydrogen-bond donors (Lipinski definition) is 2. The molecular weight excluding hydrogens is 344 g/mol. The molecule has 0 fully saturated rings. The molecule has 0 aliphatic rings. The van der Waals surface area contributed by atoms with Crippen LogP contribution < -0.4 is 10.0 Å². The zero-order chi connectivity index (χ0) is 18.4. The Morgan fingerprint density at radius 1 is 1.00 bits per heavy atom. The van der Waals surface area contributed by atoms with Gasteiger partial charge in [0, 0.05) is 5.69 Å². The van der Waals surface area contributed by atoms with Gasteiger partial charge in [-0.05, 0) is 43.3 Å². The van der Waals surface area contributed by atoms with Gasteiger partial charge >= 0.3 is 5.97 Å². The number of nitrogens with one attached hydrogen (secondary N) is 2. The molecule has 2 rings (SSSR count). The Bertz CT molecular complexity index is 848. The van der Waals surface area contributed by atoms with E-state index in [0.717, 1.165) is 0 Å². The molecule has 2 aromatic rings. The minimum atomic E-state index is -3.79. The molecule has 0 heterocycles. The minimum absolute atomic E-state index is 0.0806. The quantitative estimate of drug-likeness (QED) is 0.763. The monoisotopic (exact) mass is 362 g/mol. The van der Waals surface area contributed by atoms with Crippen LogP contribution in [0.15, 0.2) is 59.5 Å². The van der Waals surface area contributed by atoms with Gasteiger partial charge in [-0.25, -0.2) is 13.2 Å². The number of anilines is 1. The zero-order valence-corrected chi connectivity index (χ0v) is 14.5. The average molecular weight is 362 g/mol. The van der Waals surface area contributed by atoms with Crippen LogP contribution in [0.25, 0.3) is 0 Å². The van der Waals surface area contributed by atoms with Crippen molar-refractivity contribution >= 4 is 27.6 Å². The summed E-state index contributed by atoms with van der Waals surface area (Å²) in [6.07, 6.45) is 0. The van der Waals surface area contributed by atoms with E-state index in [1.807, 2.05) is 0 Å². The van der Waals surface area contributed by atoms with E-state index in [4.69, 9.17) is 0 Å². The summed E-state index contributed by atoms with van der Waals surface area (Å²) in [6, 6.07) is 12.9. The van der Waals surface area contributed by atoms with Crippen molar-refractivity contribution in [3.63, 3.8) is 0 Å². The standard InChI is InChI=1S/C17H18N2O5S/c1-12(19-25(22,23)15-6-4-3-5-7-15)16(20)18-14-10-8-13(9-11-14)17(21)24-2/h3-12,19H,1-2H3,(H,18,20)/t12-/m0/s1. The average Bonchev–Trinajstić information content (AvgIpc) is 2.62. The molecule has 0 spiro atoms. The normalized spacial score (nSPS) is 12.2. The molecule has 0 aromatic heterocycles. The van der Waals surface area contributed by atoms with Crippen molar-refractivity contribution in [2.75, 3.05) is 12.4 Å². The van der Waals surface area contributed by atoms with Gasteiger partial charge in [0.1, 0.15) is 0 Å². The SMILES string of the molecule is COC(=O)c1ccc(NC(=O)[C@H](C)NS(=O)(=O)c2ccccc2)cc1. The maximum atomic E-state index is 12.2. The van der Waals surface area contributed by atoms with Crippen LogP contribution in [-0.4, -0.2) is 33.4 Å². The van der Waals surface area contributed by atoms with Crippen LogP contribution in [0.2, 0.25) is 0 Å². The van der Waals surface area contributed by atoms with Crippen LogP contribution in [-0.2, 0) is 19.6 Å². The number of amides is 1. The molecule has 0 radical (unpaired) electrons. The summed E-state index contributed by atoms with van der Waals surface area (Å²) in [5, 5.41) is 2.58. The number of ether oxygens (including phenoxy) is 1.